The summed E-state index contributed by atoms with van der Waals surface area (Å²) in [6.07, 6.45) is 0.832. The Labute approximate surface area is 208 Å². The fourth-order valence-corrected chi connectivity index (χ4v) is 9.93. The summed E-state index contributed by atoms with van der Waals surface area (Å²) in [5, 5.41) is 1.02. The highest BCUT2D eigenvalue weighted by Gasteiger charge is 2.69. The van der Waals surface area contributed by atoms with E-state index in [2.05, 4.69) is 4.98 Å². The molecule has 2 aliphatic heterocycles. The van der Waals surface area contributed by atoms with Crippen molar-refractivity contribution >= 4 is 40.6 Å². The number of carbonyl (C=O) groups excluding carboxylic acids is 2. The number of hydrogen-bond donors (Lipinski definition) is 1. The molecule has 2 bridgehead atoms. The fourth-order valence-electron chi connectivity index (χ4n) is 7.05. The zero-order valence-electron chi connectivity index (χ0n) is 18.6. The van der Waals surface area contributed by atoms with Gasteiger partial charge in [-0.15, -0.1) is 11.8 Å². The van der Waals surface area contributed by atoms with Crippen molar-refractivity contribution in [3.05, 3.63) is 74.5 Å². The second kappa shape index (κ2) is 7.54. The molecule has 0 spiro atoms. The van der Waals surface area contributed by atoms with Crippen LogP contribution in [0.1, 0.15) is 22.8 Å². The molecule has 7 unspecified atom stereocenters. The fraction of sp³-hybridized carbons (Fsp3) is 0.346. The first-order valence-corrected chi connectivity index (χ1v) is 13.3. The molecule has 6 nitrogen and oxygen atoms in total. The first-order chi connectivity index (χ1) is 17.0. The van der Waals surface area contributed by atoms with Crippen molar-refractivity contribution in [1.82, 2.24) is 4.98 Å². The number of anilines is 1. The zero-order chi connectivity index (χ0) is 24.0. The highest BCUT2D eigenvalue weighted by molar-refractivity contribution is 8.00. The van der Waals surface area contributed by atoms with Crippen LogP contribution < -0.4 is 14.5 Å². The van der Waals surface area contributed by atoms with Crippen molar-refractivity contribution in [3.8, 4) is 5.75 Å². The molecular formula is C26H21FN2O4S2. The lowest BCUT2D eigenvalue weighted by Gasteiger charge is -2.43. The van der Waals surface area contributed by atoms with Gasteiger partial charge < -0.3 is 9.72 Å². The van der Waals surface area contributed by atoms with Crippen LogP contribution in [0.5, 0.6) is 5.75 Å². The Bertz CT molecular complexity index is 1420. The number of rotatable bonds is 3. The van der Waals surface area contributed by atoms with Gasteiger partial charge in [-0.1, -0.05) is 23.5 Å². The summed E-state index contributed by atoms with van der Waals surface area (Å²) in [6, 6.07) is 13.5. The number of amides is 2. The molecule has 35 heavy (non-hydrogen) atoms. The number of thioether (sulfide) groups is 1. The number of nitrogens with one attached hydrogen (secondary N) is 1. The van der Waals surface area contributed by atoms with Crippen LogP contribution in [0.2, 0.25) is 0 Å². The van der Waals surface area contributed by atoms with Crippen LogP contribution in [0.4, 0.5) is 10.1 Å². The SMILES string of the molecule is COc1ccc(C2c3sc(=O)[nH]c3SC3C4CC(C5C(=O)N(c6ccc(F)cc6)C(=O)C45)C23)cc1. The lowest BCUT2D eigenvalue weighted by molar-refractivity contribution is -0.123. The molecule has 2 amide bonds. The molecule has 3 heterocycles. The minimum absolute atomic E-state index is 0.0233. The Kier molecular flexibility index (Phi) is 4.61. The number of benzene rings is 2. The number of halogens is 1. The number of methoxy groups -OCH3 is 1. The summed E-state index contributed by atoms with van der Waals surface area (Å²) in [7, 11) is 1.63. The normalized spacial score (nSPS) is 32.5. The number of ether oxygens (including phenoxy) is 1. The van der Waals surface area contributed by atoms with Gasteiger partial charge in [0.25, 0.3) is 0 Å². The molecule has 178 valence electrons. The first-order valence-electron chi connectivity index (χ1n) is 11.6. The quantitative estimate of drug-likeness (QED) is 0.535. The van der Waals surface area contributed by atoms with E-state index in [0.717, 1.165) is 27.6 Å². The third-order valence-electron chi connectivity index (χ3n) is 8.28. The molecule has 1 N–H and O–H groups in total. The molecule has 4 aliphatic rings. The average Bonchev–Trinajstić information content (AvgIpc) is 3.59. The first kappa shape index (κ1) is 21.4. The van der Waals surface area contributed by atoms with Crippen LogP contribution in [0.25, 0.3) is 0 Å². The second-order valence-corrected chi connectivity index (χ2v) is 11.9. The van der Waals surface area contributed by atoms with Gasteiger partial charge in [0.15, 0.2) is 0 Å². The van der Waals surface area contributed by atoms with Gasteiger partial charge in [-0.25, -0.2) is 4.39 Å². The number of hydrogen-bond acceptors (Lipinski definition) is 6. The van der Waals surface area contributed by atoms with Crippen molar-refractivity contribution in [1.29, 1.82) is 0 Å². The van der Waals surface area contributed by atoms with E-state index >= 15 is 0 Å². The zero-order valence-corrected chi connectivity index (χ0v) is 20.3. The maximum Gasteiger partial charge on any atom is 0.305 e. The molecule has 2 aromatic carbocycles. The third-order valence-corrected chi connectivity index (χ3v) is 10.9. The van der Waals surface area contributed by atoms with Crippen LogP contribution in [0, 0.1) is 35.4 Å². The van der Waals surface area contributed by atoms with E-state index in [9.17, 15) is 18.8 Å². The van der Waals surface area contributed by atoms with Gasteiger partial charge in [0, 0.05) is 16.0 Å². The third kappa shape index (κ3) is 2.91. The van der Waals surface area contributed by atoms with E-state index in [0.29, 0.717) is 5.69 Å². The average molecular weight is 509 g/mol. The smallest absolute Gasteiger partial charge is 0.305 e. The summed E-state index contributed by atoms with van der Waals surface area (Å²) in [5.41, 5.74) is 1.52. The van der Waals surface area contributed by atoms with Gasteiger partial charge in [-0.05, 0) is 66.1 Å². The number of nitrogens with zero attached hydrogens (tertiary/aromatic N) is 1. The van der Waals surface area contributed by atoms with Gasteiger partial charge in [-0.3, -0.25) is 19.3 Å². The monoisotopic (exact) mass is 508 g/mol. The standard InChI is InChI=1S/C26H21FN2O4S2/c1-33-14-8-2-11(3-9-14)17-18-15-10-16(21(18)34-23-22(17)35-26(32)28-23)20-19(15)24(30)29(25(20)31)13-6-4-12(27)5-7-13/h2-9,15-21H,10H2,1H3,(H,28,32). The largest absolute Gasteiger partial charge is 0.497 e. The second-order valence-electron chi connectivity index (χ2n) is 9.72. The minimum Gasteiger partial charge on any atom is -0.497 e. The molecule has 7 atom stereocenters. The predicted molar refractivity (Wildman–Crippen MR) is 130 cm³/mol. The van der Waals surface area contributed by atoms with Crippen LogP contribution in [-0.4, -0.2) is 29.2 Å². The molecule has 1 saturated heterocycles. The van der Waals surface area contributed by atoms with Gasteiger partial charge in [0.1, 0.15) is 11.6 Å². The van der Waals surface area contributed by atoms with E-state index in [-0.39, 0.29) is 57.4 Å². The number of carbonyl (C=O) groups is 2. The molecule has 7 rings (SSSR count). The number of imide groups is 1. The van der Waals surface area contributed by atoms with E-state index in [1.807, 2.05) is 24.3 Å². The maximum absolute atomic E-state index is 13.7. The molecule has 0 radical (unpaired) electrons. The molecular weight excluding hydrogens is 487 g/mol. The molecule has 1 aromatic heterocycles. The van der Waals surface area contributed by atoms with Crippen molar-refractivity contribution < 1.29 is 18.7 Å². The highest BCUT2D eigenvalue weighted by atomic mass is 32.2. The summed E-state index contributed by atoms with van der Waals surface area (Å²) in [6.45, 7) is 0. The Morgan fingerprint density at radius 3 is 2.34 bits per heavy atom. The van der Waals surface area contributed by atoms with E-state index in [1.54, 1.807) is 18.9 Å². The number of H-pyrrole nitrogens is 1. The van der Waals surface area contributed by atoms with Crippen molar-refractivity contribution in [2.45, 2.75) is 22.6 Å². The van der Waals surface area contributed by atoms with Gasteiger partial charge in [0.05, 0.1) is 29.7 Å². The molecule has 3 fully saturated rings. The topological polar surface area (TPSA) is 79.5 Å². The van der Waals surface area contributed by atoms with Crippen LogP contribution in [0.3, 0.4) is 0 Å². The summed E-state index contributed by atoms with van der Waals surface area (Å²) in [4.78, 5) is 44.8. The predicted octanol–water partition coefficient (Wildman–Crippen LogP) is 4.26. The molecule has 2 aliphatic carbocycles. The summed E-state index contributed by atoms with van der Waals surface area (Å²) >= 11 is 2.91. The summed E-state index contributed by atoms with van der Waals surface area (Å²) < 4.78 is 18.8. The van der Waals surface area contributed by atoms with Crippen molar-refractivity contribution in [2.75, 3.05) is 12.0 Å². The van der Waals surface area contributed by atoms with Gasteiger partial charge in [0.2, 0.25) is 11.8 Å². The lowest BCUT2D eigenvalue weighted by atomic mass is 9.68. The van der Waals surface area contributed by atoms with Crippen LogP contribution >= 0.6 is 23.1 Å². The Balaban J connectivity index is 1.31. The van der Waals surface area contributed by atoms with E-state index in [1.165, 1.54) is 40.5 Å². The number of aromatic amines is 1. The Hall–Kier alpha value is -2.91. The Morgan fingerprint density at radius 1 is 0.971 bits per heavy atom. The van der Waals surface area contributed by atoms with Crippen molar-refractivity contribution in [3.63, 3.8) is 0 Å². The number of aromatic nitrogens is 1. The van der Waals surface area contributed by atoms with Gasteiger partial charge >= 0.3 is 4.87 Å². The molecule has 9 heteroatoms. The van der Waals surface area contributed by atoms with Gasteiger partial charge in [-0.2, -0.15) is 0 Å². The number of fused-ring (bicyclic) bond motifs is 9. The number of thiazole rings is 1. The highest BCUT2D eigenvalue weighted by Crippen LogP contribution is 2.68. The van der Waals surface area contributed by atoms with Crippen LogP contribution in [-0.2, 0) is 9.59 Å². The molecule has 3 aromatic rings. The minimum atomic E-state index is -0.405. The van der Waals surface area contributed by atoms with E-state index < -0.39 is 5.82 Å². The lowest BCUT2D eigenvalue weighted by Crippen LogP contribution is -2.42. The van der Waals surface area contributed by atoms with Crippen LogP contribution in [0.15, 0.2) is 58.4 Å². The van der Waals surface area contributed by atoms with E-state index in [4.69, 9.17) is 4.74 Å². The summed E-state index contributed by atoms with van der Waals surface area (Å²) in [5.74, 6) is -0.523. The Morgan fingerprint density at radius 2 is 1.66 bits per heavy atom. The van der Waals surface area contributed by atoms with Crippen molar-refractivity contribution in [2.24, 2.45) is 29.6 Å². The molecule has 2 saturated carbocycles. The maximum atomic E-state index is 13.7.